The molecule has 114 valence electrons. The molecule has 1 aliphatic rings. The summed E-state index contributed by atoms with van der Waals surface area (Å²) in [5, 5.41) is 3.09. The van der Waals surface area contributed by atoms with E-state index in [1.165, 1.54) is 9.87 Å². The molecule has 5 nitrogen and oxygen atoms in total. The van der Waals surface area contributed by atoms with E-state index < -0.39 is 10.2 Å². The molecule has 2 rings (SSSR count). The molecule has 1 heterocycles. The second kappa shape index (κ2) is 7.95. The van der Waals surface area contributed by atoms with Crippen LogP contribution >= 0.6 is 12.4 Å². The van der Waals surface area contributed by atoms with Crippen LogP contribution in [0.2, 0.25) is 0 Å². The Hall–Kier alpha value is -0.660. The number of rotatable bonds is 6. The second-order valence-electron chi connectivity index (χ2n) is 4.61. The predicted molar refractivity (Wildman–Crippen MR) is 83.3 cm³/mol. The van der Waals surface area contributed by atoms with Crippen LogP contribution in [-0.4, -0.2) is 38.9 Å². The summed E-state index contributed by atoms with van der Waals surface area (Å²) in [6.07, 6.45) is 0.782. The topological polar surface area (TPSA) is 61.4 Å². The number of likely N-dealkylation sites (N-methyl/N-ethyl adjacent to an activating group) is 1. The summed E-state index contributed by atoms with van der Waals surface area (Å²) in [5.74, 6) is 0. The zero-order chi connectivity index (χ0) is 13.7. The van der Waals surface area contributed by atoms with Crippen molar-refractivity contribution < 1.29 is 8.42 Å². The van der Waals surface area contributed by atoms with E-state index in [1.54, 1.807) is 0 Å². The highest BCUT2D eigenvalue weighted by atomic mass is 35.5. The fraction of sp³-hybridized carbons (Fsp3) is 0.538. The van der Waals surface area contributed by atoms with Crippen LogP contribution in [0.3, 0.4) is 0 Å². The van der Waals surface area contributed by atoms with Gasteiger partial charge in [0.05, 0.1) is 0 Å². The van der Waals surface area contributed by atoms with Crippen LogP contribution in [0.25, 0.3) is 0 Å². The summed E-state index contributed by atoms with van der Waals surface area (Å²) in [7, 11) is -3.36. The van der Waals surface area contributed by atoms with Crippen LogP contribution in [0.4, 0.5) is 0 Å². The van der Waals surface area contributed by atoms with Gasteiger partial charge in [-0.3, -0.25) is 0 Å². The number of nitrogens with one attached hydrogen (secondary N) is 2. The predicted octanol–water partition coefficient (Wildman–Crippen LogP) is 0.910. The van der Waals surface area contributed by atoms with Gasteiger partial charge in [-0.1, -0.05) is 31.2 Å². The summed E-state index contributed by atoms with van der Waals surface area (Å²) < 4.78 is 28.4. The summed E-state index contributed by atoms with van der Waals surface area (Å²) in [6.45, 7) is 4.93. The van der Waals surface area contributed by atoms with Gasteiger partial charge in [-0.05, 0) is 24.1 Å². The Morgan fingerprint density at radius 3 is 2.60 bits per heavy atom. The van der Waals surface area contributed by atoms with Crippen molar-refractivity contribution in [2.45, 2.75) is 19.9 Å². The fourth-order valence-corrected chi connectivity index (χ4v) is 3.39. The average Bonchev–Trinajstić information content (AvgIpc) is 2.43. The number of benzene rings is 1. The van der Waals surface area contributed by atoms with E-state index in [0.717, 1.165) is 18.5 Å². The van der Waals surface area contributed by atoms with Crippen molar-refractivity contribution >= 4 is 22.6 Å². The highest BCUT2D eigenvalue weighted by molar-refractivity contribution is 7.87. The zero-order valence-electron chi connectivity index (χ0n) is 11.6. The Kier molecular flexibility index (Phi) is 6.91. The van der Waals surface area contributed by atoms with Gasteiger partial charge in [-0.15, -0.1) is 12.4 Å². The monoisotopic (exact) mass is 319 g/mol. The highest BCUT2D eigenvalue weighted by Crippen LogP contribution is 2.19. The minimum atomic E-state index is -3.36. The SMILES string of the molecule is CCNCCNS(=O)(=O)N1CCc2ccccc2C1.Cl. The average molecular weight is 320 g/mol. The molecule has 0 radical (unpaired) electrons. The largest absolute Gasteiger partial charge is 0.316 e. The van der Waals surface area contributed by atoms with Gasteiger partial charge in [0.2, 0.25) is 0 Å². The molecule has 2 N–H and O–H groups in total. The summed E-state index contributed by atoms with van der Waals surface area (Å²) in [6, 6.07) is 8.01. The lowest BCUT2D eigenvalue weighted by atomic mass is 10.0. The van der Waals surface area contributed by atoms with Gasteiger partial charge in [-0.2, -0.15) is 12.7 Å². The Labute approximate surface area is 127 Å². The lowest BCUT2D eigenvalue weighted by Gasteiger charge is -2.28. The van der Waals surface area contributed by atoms with Crippen molar-refractivity contribution in [1.82, 2.24) is 14.3 Å². The van der Waals surface area contributed by atoms with E-state index in [4.69, 9.17) is 0 Å². The van der Waals surface area contributed by atoms with Crippen LogP contribution in [-0.2, 0) is 23.2 Å². The Morgan fingerprint density at radius 2 is 1.90 bits per heavy atom. The van der Waals surface area contributed by atoms with Crippen LogP contribution in [0.5, 0.6) is 0 Å². The fourth-order valence-electron chi connectivity index (χ4n) is 2.21. The maximum absolute atomic E-state index is 12.1. The maximum Gasteiger partial charge on any atom is 0.279 e. The first-order valence-corrected chi connectivity index (χ1v) is 8.09. The van der Waals surface area contributed by atoms with E-state index in [1.807, 2.05) is 25.1 Å². The molecule has 1 aromatic carbocycles. The van der Waals surface area contributed by atoms with Crippen LogP contribution in [0, 0.1) is 0 Å². The molecule has 0 aliphatic carbocycles. The number of halogens is 1. The zero-order valence-corrected chi connectivity index (χ0v) is 13.3. The molecular weight excluding hydrogens is 298 g/mol. The van der Waals surface area contributed by atoms with Crippen LogP contribution in [0.15, 0.2) is 24.3 Å². The van der Waals surface area contributed by atoms with Crippen molar-refractivity contribution in [2.24, 2.45) is 0 Å². The third-order valence-electron chi connectivity index (χ3n) is 3.27. The van der Waals surface area contributed by atoms with Gasteiger partial charge in [0, 0.05) is 26.2 Å². The van der Waals surface area contributed by atoms with Gasteiger partial charge in [0.1, 0.15) is 0 Å². The second-order valence-corrected chi connectivity index (χ2v) is 6.36. The minimum Gasteiger partial charge on any atom is -0.316 e. The van der Waals surface area contributed by atoms with Gasteiger partial charge >= 0.3 is 0 Å². The van der Waals surface area contributed by atoms with Crippen molar-refractivity contribution in [2.75, 3.05) is 26.2 Å². The van der Waals surface area contributed by atoms with Gasteiger partial charge in [0.15, 0.2) is 0 Å². The summed E-state index contributed by atoms with van der Waals surface area (Å²) >= 11 is 0. The molecule has 0 aromatic heterocycles. The summed E-state index contributed by atoms with van der Waals surface area (Å²) in [5.41, 5.74) is 2.35. The van der Waals surface area contributed by atoms with E-state index in [9.17, 15) is 8.42 Å². The number of nitrogens with zero attached hydrogens (tertiary/aromatic N) is 1. The number of hydrogen-bond donors (Lipinski definition) is 2. The molecule has 0 saturated carbocycles. The van der Waals surface area contributed by atoms with Crippen molar-refractivity contribution in [3.8, 4) is 0 Å². The van der Waals surface area contributed by atoms with E-state index in [2.05, 4.69) is 16.1 Å². The van der Waals surface area contributed by atoms with E-state index >= 15 is 0 Å². The number of fused-ring (bicyclic) bond motifs is 1. The maximum atomic E-state index is 12.1. The van der Waals surface area contributed by atoms with Gasteiger partial charge in [0.25, 0.3) is 10.2 Å². The molecule has 7 heteroatoms. The van der Waals surface area contributed by atoms with Crippen molar-refractivity contribution in [3.63, 3.8) is 0 Å². The smallest absolute Gasteiger partial charge is 0.279 e. The number of hydrogen-bond acceptors (Lipinski definition) is 3. The first-order valence-electron chi connectivity index (χ1n) is 6.65. The molecule has 0 saturated heterocycles. The lowest BCUT2D eigenvalue weighted by Crippen LogP contribution is -2.45. The van der Waals surface area contributed by atoms with Crippen molar-refractivity contribution in [3.05, 3.63) is 35.4 Å². The highest BCUT2D eigenvalue weighted by Gasteiger charge is 2.25. The molecule has 0 fully saturated rings. The van der Waals surface area contributed by atoms with Crippen molar-refractivity contribution in [1.29, 1.82) is 0 Å². The Balaban J connectivity index is 0.00000200. The lowest BCUT2D eigenvalue weighted by molar-refractivity contribution is 0.384. The molecule has 20 heavy (non-hydrogen) atoms. The molecule has 0 amide bonds. The van der Waals surface area contributed by atoms with E-state index in [-0.39, 0.29) is 12.4 Å². The molecular formula is C13H22ClN3O2S. The summed E-state index contributed by atoms with van der Waals surface area (Å²) in [4.78, 5) is 0. The Morgan fingerprint density at radius 1 is 1.20 bits per heavy atom. The van der Waals surface area contributed by atoms with Crippen LogP contribution < -0.4 is 10.0 Å². The Bertz CT molecular complexity index is 522. The van der Waals surface area contributed by atoms with Gasteiger partial charge < -0.3 is 5.32 Å². The third-order valence-corrected chi connectivity index (χ3v) is 4.83. The molecule has 0 bridgehead atoms. The van der Waals surface area contributed by atoms with Crippen LogP contribution in [0.1, 0.15) is 18.1 Å². The van der Waals surface area contributed by atoms with E-state index in [0.29, 0.717) is 26.2 Å². The van der Waals surface area contributed by atoms with Gasteiger partial charge in [-0.25, -0.2) is 4.72 Å². The molecule has 0 atom stereocenters. The quantitative estimate of drug-likeness (QED) is 0.766. The first kappa shape index (κ1) is 17.4. The standard InChI is InChI=1S/C13H21N3O2S.ClH/c1-2-14-8-9-15-19(17,18)16-10-7-12-5-3-4-6-13(12)11-16;/h3-6,14-15H,2,7-11H2,1H3;1H. The normalized spacial score (nSPS) is 15.4. The molecule has 1 aromatic rings. The first-order chi connectivity index (χ1) is 9.13. The third kappa shape index (κ3) is 4.43. The molecule has 1 aliphatic heterocycles. The molecule has 0 unspecified atom stereocenters. The molecule has 0 spiro atoms. The minimum absolute atomic E-state index is 0.